The number of nitrogens with one attached hydrogen (secondary N) is 7. The molecule has 2 aromatic carbocycles. The van der Waals surface area contributed by atoms with E-state index < -0.39 is 142 Å². The second-order valence-corrected chi connectivity index (χ2v) is 26.4. The molecule has 7 N–H and O–H groups in total. The highest BCUT2D eigenvalue weighted by molar-refractivity contribution is 5.99. The van der Waals surface area contributed by atoms with E-state index in [-0.39, 0.29) is 37.3 Å². The van der Waals surface area contributed by atoms with Crippen LogP contribution in [-0.2, 0) is 38.2 Å². The van der Waals surface area contributed by atoms with Gasteiger partial charge in [-0.25, -0.2) is 9.59 Å². The van der Waals surface area contributed by atoms with E-state index >= 15 is 0 Å². The van der Waals surface area contributed by atoms with Gasteiger partial charge in [-0.1, -0.05) is 102 Å². The van der Waals surface area contributed by atoms with E-state index in [9.17, 15) is 47.9 Å². The third kappa shape index (κ3) is 18.2. The number of H-pyrrole nitrogens is 1. The van der Waals surface area contributed by atoms with Crippen molar-refractivity contribution in [1.82, 2.24) is 61.7 Å². The number of nitrogens with zero attached hydrogens (tertiary/aromatic N) is 5. The highest BCUT2D eigenvalue weighted by Crippen LogP contribution is 2.30. The SMILES string of the molecule is C[C@@H](NC(=O)[C@@H]1C[C@H](NC(=O)c2cc(C(=O)N[C@H]3C[C@@H](C(=O)N[C@H](C)c4ccccc4)N(C(=O)[C@@H](NC(=O)[C@H](C)N(C)C(=O)OC(C)(C)C)C(C)(C)C)C3)[nH]n2)CN1C(=O)[C@@H](NC(=O)[C@H](C)N(C)C(=O)OC(C)(C)C)C(C)(C)C)c1ccccc1. The van der Waals surface area contributed by atoms with Crippen LogP contribution in [0.5, 0.6) is 0 Å². The number of amides is 10. The van der Waals surface area contributed by atoms with Crippen LogP contribution in [-0.4, -0.2) is 176 Å². The van der Waals surface area contributed by atoms with Crippen LogP contribution in [0.4, 0.5) is 9.59 Å². The predicted molar refractivity (Wildman–Crippen MR) is 317 cm³/mol. The summed E-state index contributed by atoms with van der Waals surface area (Å²) in [7, 11) is 2.83. The fraction of sp³-hybridized carbons (Fsp3) is 0.590. The Morgan fingerprint density at radius 3 is 1.24 bits per heavy atom. The van der Waals surface area contributed by atoms with Crippen LogP contribution in [0.25, 0.3) is 0 Å². The number of aromatic amines is 1. The molecule has 0 radical (unpaired) electrons. The largest absolute Gasteiger partial charge is 0.444 e. The Labute approximate surface area is 499 Å². The summed E-state index contributed by atoms with van der Waals surface area (Å²) < 4.78 is 10.9. The average molecular weight is 1180 g/mol. The lowest BCUT2D eigenvalue weighted by molar-refractivity contribution is -0.144. The number of likely N-dealkylation sites (N-methyl/N-ethyl adjacent to an activating group) is 2. The van der Waals surface area contributed by atoms with Gasteiger partial charge in [-0.2, -0.15) is 5.10 Å². The second kappa shape index (κ2) is 27.3. The number of hydrogen-bond donors (Lipinski definition) is 7. The molecule has 2 fully saturated rings. The van der Waals surface area contributed by atoms with Crippen molar-refractivity contribution >= 4 is 59.4 Å². The lowest BCUT2D eigenvalue weighted by Crippen LogP contribution is -2.60. The molecule has 3 heterocycles. The summed E-state index contributed by atoms with van der Waals surface area (Å²) in [6, 6.07) is 10.3. The van der Waals surface area contributed by atoms with Crippen LogP contribution < -0.4 is 31.9 Å². The number of aromatic nitrogens is 2. The van der Waals surface area contributed by atoms with Crippen molar-refractivity contribution in [2.45, 2.75) is 195 Å². The molecule has 2 aliphatic heterocycles. The Balaban J connectivity index is 1.35. The van der Waals surface area contributed by atoms with Crippen LogP contribution in [0.2, 0.25) is 0 Å². The molecule has 5 rings (SSSR count). The van der Waals surface area contributed by atoms with Gasteiger partial charge in [-0.05, 0) is 104 Å². The molecule has 0 unspecified atom stereocenters. The molecule has 10 atom stereocenters. The van der Waals surface area contributed by atoms with Crippen molar-refractivity contribution in [3.05, 3.63) is 89.2 Å². The van der Waals surface area contributed by atoms with Gasteiger partial charge in [-0.3, -0.25) is 53.3 Å². The molecule has 466 valence electrons. The molecule has 85 heavy (non-hydrogen) atoms. The van der Waals surface area contributed by atoms with Gasteiger partial charge in [0.15, 0.2) is 5.69 Å². The number of likely N-dealkylation sites (tertiary alicyclic amines) is 2. The van der Waals surface area contributed by atoms with E-state index in [1.54, 1.807) is 96.9 Å². The van der Waals surface area contributed by atoms with E-state index in [2.05, 4.69) is 42.1 Å². The average Bonchev–Trinajstić information content (AvgIpc) is 2.21. The highest BCUT2D eigenvalue weighted by Gasteiger charge is 2.48. The van der Waals surface area contributed by atoms with Gasteiger partial charge < -0.3 is 51.2 Å². The third-order valence-electron chi connectivity index (χ3n) is 14.9. The molecule has 0 saturated carbocycles. The molecule has 24 heteroatoms. The van der Waals surface area contributed by atoms with Gasteiger partial charge in [-0.15, -0.1) is 0 Å². The fourth-order valence-corrected chi connectivity index (χ4v) is 9.70. The molecule has 3 aromatic rings. The number of carbonyl (C=O) groups is 10. The van der Waals surface area contributed by atoms with Gasteiger partial charge in [0.2, 0.25) is 35.4 Å². The molecule has 10 amide bonds. The molecular formula is C61H90N12O12. The predicted octanol–water partition coefficient (Wildman–Crippen LogP) is 5.14. The first-order chi connectivity index (χ1) is 39.3. The summed E-state index contributed by atoms with van der Waals surface area (Å²) in [5.74, 6) is -4.97. The first-order valence-corrected chi connectivity index (χ1v) is 28.8. The number of rotatable bonds is 18. The standard InChI is InChI=1S/C61H90N12O12/c1-34(38-25-21-19-22-26-38)62-52(78)44-29-40(32-72(44)54(80)46(58(5,6)7)66-48(74)36(3)70(17)56(82)84-60(11,12)13)64-50(76)42-31-43(69-68-42)51(77)65-41-30-45(53(79)63-35(2)39-27-23-20-24-28-39)73(33-41)55(81)47(59(8,9)10)67-49(75)37(4)71(18)57(83)85-61(14,15)16/h19-28,31,34-37,40-41,44-47H,29-30,32-33H2,1-18H3,(H,62,78)(H,63,79)(H,64,76)(H,65,77)(H,66,74)(H,67,75)(H,68,69)/t34-,35-,36+,37+,40+,41+,44+,45+,46-,47-/m1/s1. The lowest BCUT2D eigenvalue weighted by Gasteiger charge is -2.37. The van der Waals surface area contributed by atoms with Crippen molar-refractivity contribution in [1.29, 1.82) is 0 Å². The van der Waals surface area contributed by atoms with Crippen LogP contribution >= 0.6 is 0 Å². The summed E-state index contributed by atoms with van der Waals surface area (Å²) in [6.07, 6.45) is -1.56. The Morgan fingerprint density at radius 2 is 0.894 bits per heavy atom. The normalized spacial score (nSPS) is 19.4. The summed E-state index contributed by atoms with van der Waals surface area (Å²) in [5.41, 5.74) is -2.23. The Hall–Kier alpha value is -8.05. The number of benzene rings is 2. The van der Waals surface area contributed by atoms with E-state index in [0.29, 0.717) is 0 Å². The highest BCUT2D eigenvalue weighted by atomic mass is 16.6. The minimum absolute atomic E-state index is 0.0351. The van der Waals surface area contributed by atoms with Gasteiger partial charge in [0.1, 0.15) is 53.1 Å². The fourth-order valence-electron chi connectivity index (χ4n) is 9.70. The lowest BCUT2D eigenvalue weighted by atomic mass is 9.85. The van der Waals surface area contributed by atoms with Crippen LogP contribution in [0, 0.1) is 10.8 Å². The van der Waals surface area contributed by atoms with Crippen LogP contribution in [0.1, 0.15) is 168 Å². The number of hydrogen-bond acceptors (Lipinski definition) is 13. The smallest absolute Gasteiger partial charge is 0.410 e. The van der Waals surface area contributed by atoms with Crippen LogP contribution in [0.15, 0.2) is 66.7 Å². The Morgan fingerprint density at radius 1 is 0.541 bits per heavy atom. The first-order valence-electron chi connectivity index (χ1n) is 28.8. The van der Waals surface area contributed by atoms with Crippen molar-refractivity contribution in [3.8, 4) is 0 Å². The molecule has 0 bridgehead atoms. The first kappa shape index (κ1) is 67.7. The van der Waals surface area contributed by atoms with E-state index in [4.69, 9.17) is 9.47 Å². The minimum atomic E-state index is -1.21. The summed E-state index contributed by atoms with van der Waals surface area (Å²) in [4.78, 5) is 145. The molecule has 0 aliphatic carbocycles. The summed E-state index contributed by atoms with van der Waals surface area (Å²) in [5, 5.41) is 24.1. The van der Waals surface area contributed by atoms with Gasteiger partial charge in [0.05, 0.1) is 12.1 Å². The molecule has 1 aromatic heterocycles. The second-order valence-electron chi connectivity index (χ2n) is 26.4. The molecule has 2 aliphatic rings. The molecule has 0 spiro atoms. The molecule has 24 nitrogen and oxygen atoms in total. The number of ether oxygens (including phenoxy) is 2. The maximum Gasteiger partial charge on any atom is 0.410 e. The summed E-state index contributed by atoms with van der Waals surface area (Å²) in [6.45, 7) is 27.0. The third-order valence-corrected chi connectivity index (χ3v) is 14.9. The van der Waals surface area contributed by atoms with Crippen molar-refractivity contribution in [2.24, 2.45) is 10.8 Å². The van der Waals surface area contributed by atoms with E-state index in [1.807, 2.05) is 60.7 Å². The summed E-state index contributed by atoms with van der Waals surface area (Å²) >= 11 is 0. The van der Waals surface area contributed by atoms with E-state index in [0.717, 1.165) is 20.9 Å². The maximum absolute atomic E-state index is 14.9. The van der Waals surface area contributed by atoms with Crippen molar-refractivity contribution < 1.29 is 57.4 Å². The van der Waals surface area contributed by atoms with Crippen LogP contribution in [0.3, 0.4) is 0 Å². The monoisotopic (exact) mass is 1180 g/mol. The molecular weight excluding hydrogens is 1090 g/mol. The minimum Gasteiger partial charge on any atom is -0.444 e. The van der Waals surface area contributed by atoms with E-state index in [1.165, 1.54) is 43.8 Å². The van der Waals surface area contributed by atoms with Gasteiger partial charge in [0.25, 0.3) is 11.8 Å². The zero-order valence-electron chi connectivity index (χ0n) is 52.6. The van der Waals surface area contributed by atoms with Crippen molar-refractivity contribution in [3.63, 3.8) is 0 Å². The topological polar surface area (TPSA) is 303 Å². The zero-order chi connectivity index (χ0) is 63.8. The van der Waals surface area contributed by atoms with Crippen molar-refractivity contribution in [2.75, 3.05) is 27.2 Å². The van der Waals surface area contributed by atoms with Gasteiger partial charge >= 0.3 is 12.2 Å². The zero-order valence-corrected chi connectivity index (χ0v) is 52.6. The Kier molecular flexibility index (Phi) is 21.8. The number of carbonyl (C=O) groups excluding carboxylic acids is 10. The van der Waals surface area contributed by atoms with Gasteiger partial charge in [0, 0.05) is 45.3 Å². The quantitative estimate of drug-likeness (QED) is 0.0870. The molecule has 2 saturated heterocycles. The maximum atomic E-state index is 14.9. The Bertz CT molecular complexity index is 2720.